The maximum atomic E-state index is 13.7. The van der Waals surface area contributed by atoms with Gasteiger partial charge in [-0.3, -0.25) is 9.59 Å². The number of rotatable bonds is 17. The van der Waals surface area contributed by atoms with Crippen molar-refractivity contribution in [2.45, 2.75) is 31.7 Å². The molecule has 0 fully saturated rings. The van der Waals surface area contributed by atoms with Crippen LogP contribution in [0.15, 0.2) is 18.2 Å². The monoisotopic (exact) mass is 453 g/mol. The van der Waals surface area contributed by atoms with Gasteiger partial charge in [0.1, 0.15) is 24.5 Å². The molecule has 0 saturated carbocycles. The minimum absolute atomic E-state index is 0.0260. The summed E-state index contributed by atoms with van der Waals surface area (Å²) in [6, 6.07) is 3.92. The summed E-state index contributed by atoms with van der Waals surface area (Å²) in [7, 11) is 3.28. The highest BCUT2D eigenvalue weighted by Gasteiger charge is 2.20. The first-order valence-corrected chi connectivity index (χ1v) is 10.9. The van der Waals surface area contributed by atoms with Gasteiger partial charge in [-0.05, 0) is 50.9 Å². The van der Waals surface area contributed by atoms with Crippen LogP contribution in [-0.4, -0.2) is 82.5 Å². The number of hydrogen-bond acceptors (Lipinski definition) is 7. The quantitative estimate of drug-likeness (QED) is 0.191. The Labute approximate surface area is 189 Å². The van der Waals surface area contributed by atoms with E-state index in [1.165, 1.54) is 17.0 Å². The number of benzene rings is 1. The molecule has 0 heterocycles. The van der Waals surface area contributed by atoms with E-state index in [-0.39, 0.29) is 31.5 Å². The van der Waals surface area contributed by atoms with Crippen LogP contribution in [0.1, 0.15) is 24.8 Å². The number of aldehydes is 1. The van der Waals surface area contributed by atoms with Crippen LogP contribution in [0.2, 0.25) is 0 Å². The predicted molar refractivity (Wildman–Crippen MR) is 121 cm³/mol. The van der Waals surface area contributed by atoms with E-state index in [9.17, 15) is 18.8 Å². The Morgan fingerprint density at radius 3 is 2.75 bits per heavy atom. The van der Waals surface area contributed by atoms with Crippen LogP contribution in [0.25, 0.3) is 0 Å². The minimum Gasteiger partial charge on any atom is -0.492 e. The maximum Gasteiger partial charge on any atom is 0.239 e. The molecule has 1 aromatic carbocycles. The molecular weight excluding hydrogens is 417 g/mol. The van der Waals surface area contributed by atoms with Crippen LogP contribution in [0.4, 0.5) is 4.39 Å². The van der Waals surface area contributed by atoms with Gasteiger partial charge in [0.25, 0.3) is 0 Å². The van der Waals surface area contributed by atoms with Crippen LogP contribution >= 0.6 is 0 Å². The molecule has 2 amide bonds. The summed E-state index contributed by atoms with van der Waals surface area (Å²) in [5, 5.41) is 8.73. The van der Waals surface area contributed by atoms with E-state index >= 15 is 0 Å². The number of ether oxygens (including phenoxy) is 1. The summed E-state index contributed by atoms with van der Waals surface area (Å²) in [6.45, 7) is 1.86. The van der Waals surface area contributed by atoms with Crippen molar-refractivity contribution in [3.05, 3.63) is 29.6 Å². The standard InChI is InChI=1S/C22H36FN5O4/c1-25-16-21(30)27-10-4-5-17-7-8-18(23)15-20(17)32-14-11-26-19(6-3-9-24)22(31)28(2)12-13-29/h7-8,13,15,19,25-26H,3-6,9-12,14,16,24H2,1-2H3,(H,27,30). The third-order valence-electron chi connectivity index (χ3n) is 4.78. The van der Waals surface area contributed by atoms with E-state index in [1.807, 2.05) is 0 Å². The number of likely N-dealkylation sites (N-methyl/N-ethyl adjacent to an activating group) is 2. The molecule has 10 heteroatoms. The van der Waals surface area contributed by atoms with Gasteiger partial charge in [0.2, 0.25) is 11.8 Å². The molecule has 0 aromatic heterocycles. The summed E-state index contributed by atoms with van der Waals surface area (Å²) < 4.78 is 19.5. The van der Waals surface area contributed by atoms with Gasteiger partial charge in [0.15, 0.2) is 0 Å². The molecule has 1 rings (SSSR count). The number of amides is 2. The van der Waals surface area contributed by atoms with E-state index in [4.69, 9.17) is 10.5 Å². The number of aryl methyl sites for hydroxylation is 1. The molecule has 180 valence electrons. The average Bonchev–Trinajstić information content (AvgIpc) is 2.77. The molecule has 0 saturated heterocycles. The number of nitrogens with zero attached hydrogens (tertiary/aromatic N) is 1. The zero-order valence-corrected chi connectivity index (χ0v) is 19.0. The van der Waals surface area contributed by atoms with Crippen molar-refractivity contribution in [2.24, 2.45) is 5.73 Å². The van der Waals surface area contributed by atoms with E-state index < -0.39 is 11.9 Å². The zero-order valence-electron chi connectivity index (χ0n) is 19.0. The summed E-state index contributed by atoms with van der Waals surface area (Å²) >= 11 is 0. The van der Waals surface area contributed by atoms with Gasteiger partial charge in [-0.2, -0.15) is 0 Å². The van der Waals surface area contributed by atoms with Gasteiger partial charge < -0.3 is 36.1 Å². The van der Waals surface area contributed by atoms with Crippen molar-refractivity contribution in [3.63, 3.8) is 0 Å². The number of carbonyl (C=O) groups excluding carboxylic acids is 3. The Kier molecular flexibility index (Phi) is 13.8. The number of hydrogen-bond donors (Lipinski definition) is 4. The molecule has 0 aliphatic rings. The lowest BCUT2D eigenvalue weighted by molar-refractivity contribution is -0.134. The van der Waals surface area contributed by atoms with Crippen molar-refractivity contribution in [2.75, 3.05) is 53.4 Å². The molecule has 32 heavy (non-hydrogen) atoms. The maximum absolute atomic E-state index is 13.7. The van der Waals surface area contributed by atoms with E-state index in [1.54, 1.807) is 20.2 Å². The second-order valence-corrected chi connectivity index (χ2v) is 7.41. The third kappa shape index (κ3) is 10.7. The fraction of sp³-hybridized carbons (Fsp3) is 0.591. The number of nitrogens with two attached hydrogens (primary N) is 1. The van der Waals surface area contributed by atoms with E-state index in [0.717, 1.165) is 5.56 Å². The molecule has 0 radical (unpaired) electrons. The predicted octanol–water partition coefficient (Wildman–Crippen LogP) is -0.173. The zero-order chi connectivity index (χ0) is 23.8. The SMILES string of the molecule is CNCC(=O)NCCCc1ccc(F)cc1OCCNC(CCCN)C(=O)N(C)CC=O. The first-order chi connectivity index (χ1) is 15.4. The van der Waals surface area contributed by atoms with Gasteiger partial charge in [0.05, 0.1) is 19.1 Å². The first kappa shape index (κ1) is 27.5. The van der Waals surface area contributed by atoms with Crippen LogP contribution < -0.4 is 26.4 Å². The molecular formula is C22H36FN5O4. The van der Waals surface area contributed by atoms with Crippen LogP contribution in [0.5, 0.6) is 5.75 Å². The molecule has 0 aliphatic heterocycles. The summed E-state index contributed by atoms with van der Waals surface area (Å²) in [4.78, 5) is 36.0. The lowest BCUT2D eigenvalue weighted by Gasteiger charge is -2.23. The molecule has 5 N–H and O–H groups in total. The van der Waals surface area contributed by atoms with Crippen LogP contribution in [-0.2, 0) is 20.8 Å². The molecule has 0 spiro atoms. The van der Waals surface area contributed by atoms with Crippen LogP contribution in [0, 0.1) is 5.82 Å². The Morgan fingerprint density at radius 2 is 2.06 bits per heavy atom. The van der Waals surface area contributed by atoms with Crippen molar-refractivity contribution >= 4 is 18.1 Å². The Morgan fingerprint density at radius 1 is 1.28 bits per heavy atom. The van der Waals surface area contributed by atoms with Gasteiger partial charge in [0, 0.05) is 26.2 Å². The molecule has 1 unspecified atom stereocenters. The van der Waals surface area contributed by atoms with Crippen molar-refractivity contribution in [1.82, 2.24) is 20.9 Å². The largest absolute Gasteiger partial charge is 0.492 e. The van der Waals surface area contributed by atoms with E-state index in [2.05, 4.69) is 16.0 Å². The number of nitrogens with one attached hydrogen (secondary N) is 3. The summed E-state index contributed by atoms with van der Waals surface area (Å²) in [6.07, 6.45) is 3.20. The lowest BCUT2D eigenvalue weighted by Crippen LogP contribution is -2.46. The van der Waals surface area contributed by atoms with Crippen molar-refractivity contribution in [1.29, 1.82) is 0 Å². The van der Waals surface area contributed by atoms with Gasteiger partial charge in [-0.1, -0.05) is 6.07 Å². The number of carbonyl (C=O) groups is 3. The lowest BCUT2D eigenvalue weighted by atomic mass is 10.1. The van der Waals surface area contributed by atoms with Crippen molar-refractivity contribution in [3.8, 4) is 5.75 Å². The fourth-order valence-electron chi connectivity index (χ4n) is 3.10. The minimum atomic E-state index is -0.472. The molecule has 1 atom stereocenters. The highest BCUT2D eigenvalue weighted by atomic mass is 19.1. The Hall–Kier alpha value is -2.56. The van der Waals surface area contributed by atoms with Gasteiger partial charge >= 0.3 is 0 Å². The average molecular weight is 454 g/mol. The van der Waals surface area contributed by atoms with Crippen LogP contribution in [0.3, 0.4) is 0 Å². The molecule has 9 nitrogen and oxygen atoms in total. The molecule has 0 aliphatic carbocycles. The highest BCUT2D eigenvalue weighted by molar-refractivity contribution is 5.83. The second-order valence-electron chi connectivity index (χ2n) is 7.41. The second kappa shape index (κ2) is 16.1. The molecule has 1 aromatic rings. The first-order valence-electron chi connectivity index (χ1n) is 10.9. The Balaban J connectivity index is 2.56. The van der Waals surface area contributed by atoms with Gasteiger partial charge in [-0.25, -0.2) is 4.39 Å². The normalized spacial score (nSPS) is 11.6. The summed E-state index contributed by atoms with van der Waals surface area (Å²) in [5.41, 5.74) is 6.40. The molecule has 0 bridgehead atoms. The number of halogens is 1. The highest BCUT2D eigenvalue weighted by Crippen LogP contribution is 2.21. The van der Waals surface area contributed by atoms with E-state index in [0.29, 0.717) is 57.4 Å². The summed E-state index contributed by atoms with van der Waals surface area (Å²) in [5.74, 6) is -0.217. The van der Waals surface area contributed by atoms with Crippen molar-refractivity contribution < 1.29 is 23.5 Å². The fourth-order valence-corrected chi connectivity index (χ4v) is 3.10. The topological polar surface area (TPSA) is 126 Å². The third-order valence-corrected chi connectivity index (χ3v) is 4.78. The Bertz CT molecular complexity index is 720. The smallest absolute Gasteiger partial charge is 0.239 e. The van der Waals surface area contributed by atoms with Gasteiger partial charge in [-0.15, -0.1) is 0 Å².